The number of hydrogen-bond acceptors (Lipinski definition) is 5. The lowest BCUT2D eigenvalue weighted by Gasteiger charge is -2.22. The van der Waals surface area contributed by atoms with E-state index >= 15 is 0 Å². The van der Waals surface area contributed by atoms with Crippen molar-refractivity contribution in [2.45, 2.75) is 64.2 Å². The normalized spacial score (nSPS) is 25.2. The van der Waals surface area contributed by atoms with Crippen LogP contribution in [0.4, 0.5) is 0 Å². The molecule has 0 heterocycles. The highest BCUT2D eigenvalue weighted by Crippen LogP contribution is 2.15. The molecule has 0 radical (unpaired) electrons. The van der Waals surface area contributed by atoms with Crippen molar-refractivity contribution in [3.8, 4) is 0 Å². The summed E-state index contributed by atoms with van der Waals surface area (Å²) in [7, 11) is 0. The highest BCUT2D eigenvalue weighted by molar-refractivity contribution is 5.88. The Labute approximate surface area is 109 Å². The van der Waals surface area contributed by atoms with E-state index < -0.39 is 12.2 Å². The summed E-state index contributed by atoms with van der Waals surface area (Å²) in [4.78, 5) is 5.11. The molecule has 0 spiro atoms. The SMILES string of the molecule is CC(C)(C)NCC(O)CO/N=C1/CCCCC1O. The molecule has 1 fully saturated rings. The fraction of sp³-hybridized carbons (Fsp3) is 0.923. The lowest BCUT2D eigenvalue weighted by atomic mass is 9.96. The fourth-order valence-electron chi connectivity index (χ4n) is 1.77. The van der Waals surface area contributed by atoms with Gasteiger partial charge in [-0.15, -0.1) is 0 Å². The lowest BCUT2D eigenvalue weighted by molar-refractivity contribution is 0.0348. The van der Waals surface area contributed by atoms with Crippen LogP contribution in [0.2, 0.25) is 0 Å². The average molecular weight is 258 g/mol. The standard InChI is InChI=1S/C13H26N2O3/c1-13(2,3)14-8-10(16)9-18-15-11-6-4-5-7-12(11)17/h10,12,14,16-17H,4-9H2,1-3H3/b15-11-. The predicted molar refractivity (Wildman–Crippen MR) is 71.6 cm³/mol. The van der Waals surface area contributed by atoms with Crippen LogP contribution in [0.3, 0.4) is 0 Å². The maximum absolute atomic E-state index is 9.69. The zero-order valence-electron chi connectivity index (χ0n) is 11.6. The Balaban J connectivity index is 2.21. The van der Waals surface area contributed by atoms with Crippen molar-refractivity contribution in [3.05, 3.63) is 0 Å². The predicted octanol–water partition coefficient (Wildman–Crippen LogP) is 1.04. The molecule has 18 heavy (non-hydrogen) atoms. The van der Waals surface area contributed by atoms with Gasteiger partial charge in [-0.2, -0.15) is 0 Å². The zero-order chi connectivity index (χ0) is 13.6. The minimum absolute atomic E-state index is 0.0214. The zero-order valence-corrected chi connectivity index (χ0v) is 11.6. The van der Waals surface area contributed by atoms with Crippen LogP contribution in [0.15, 0.2) is 5.16 Å². The summed E-state index contributed by atoms with van der Waals surface area (Å²) in [5, 5.41) is 26.5. The van der Waals surface area contributed by atoms with Gasteiger partial charge in [-0.3, -0.25) is 0 Å². The van der Waals surface area contributed by atoms with Crippen molar-refractivity contribution in [1.29, 1.82) is 0 Å². The van der Waals surface area contributed by atoms with Crippen molar-refractivity contribution < 1.29 is 15.1 Å². The van der Waals surface area contributed by atoms with Crippen LogP contribution >= 0.6 is 0 Å². The maximum Gasteiger partial charge on any atom is 0.144 e. The number of oxime groups is 1. The summed E-state index contributed by atoms with van der Waals surface area (Å²) in [6, 6.07) is 0. The minimum atomic E-state index is -0.589. The van der Waals surface area contributed by atoms with Crippen molar-refractivity contribution >= 4 is 5.71 Å². The largest absolute Gasteiger partial charge is 0.393 e. The summed E-state index contributed by atoms with van der Waals surface area (Å²) < 4.78 is 0. The fourth-order valence-corrected chi connectivity index (χ4v) is 1.77. The molecular weight excluding hydrogens is 232 g/mol. The van der Waals surface area contributed by atoms with E-state index in [0.29, 0.717) is 12.3 Å². The molecule has 0 aromatic rings. The molecule has 0 saturated heterocycles. The highest BCUT2D eigenvalue weighted by atomic mass is 16.6. The maximum atomic E-state index is 9.69. The lowest BCUT2D eigenvalue weighted by Crippen LogP contribution is -2.42. The van der Waals surface area contributed by atoms with Gasteiger partial charge < -0.3 is 20.4 Å². The van der Waals surface area contributed by atoms with Gasteiger partial charge in [-0.1, -0.05) is 11.6 Å². The topological polar surface area (TPSA) is 74.1 Å². The van der Waals surface area contributed by atoms with E-state index in [0.717, 1.165) is 25.7 Å². The van der Waals surface area contributed by atoms with Crippen molar-refractivity contribution in [2.75, 3.05) is 13.2 Å². The molecule has 1 aliphatic rings. The first-order chi connectivity index (χ1) is 8.38. The molecule has 0 amide bonds. The van der Waals surface area contributed by atoms with Crippen molar-refractivity contribution in [1.82, 2.24) is 5.32 Å². The van der Waals surface area contributed by atoms with Gasteiger partial charge in [0.2, 0.25) is 0 Å². The average Bonchev–Trinajstić information content (AvgIpc) is 2.28. The summed E-state index contributed by atoms with van der Waals surface area (Å²) in [6.45, 7) is 6.74. The van der Waals surface area contributed by atoms with Gasteiger partial charge in [0.05, 0.1) is 11.8 Å². The molecule has 1 aliphatic carbocycles. The molecule has 3 N–H and O–H groups in total. The number of hydrogen-bond donors (Lipinski definition) is 3. The van der Waals surface area contributed by atoms with Crippen LogP contribution in [0.1, 0.15) is 46.5 Å². The van der Waals surface area contributed by atoms with E-state index in [2.05, 4.69) is 10.5 Å². The van der Waals surface area contributed by atoms with Crippen molar-refractivity contribution in [3.63, 3.8) is 0 Å². The first kappa shape index (κ1) is 15.4. The van der Waals surface area contributed by atoms with Crippen LogP contribution < -0.4 is 5.32 Å². The first-order valence-electron chi connectivity index (χ1n) is 6.68. The summed E-state index contributed by atoms with van der Waals surface area (Å²) in [6.07, 6.45) is 2.58. The molecule has 1 saturated carbocycles. The Hall–Kier alpha value is -0.650. The van der Waals surface area contributed by atoms with Crippen LogP contribution in [-0.4, -0.2) is 46.8 Å². The van der Waals surface area contributed by atoms with E-state index in [1.165, 1.54) is 0 Å². The molecule has 0 aromatic carbocycles. The van der Waals surface area contributed by atoms with Crippen LogP contribution in [0, 0.1) is 0 Å². The highest BCUT2D eigenvalue weighted by Gasteiger charge is 2.18. The van der Waals surface area contributed by atoms with Gasteiger partial charge >= 0.3 is 0 Å². The van der Waals surface area contributed by atoms with Gasteiger partial charge in [0.15, 0.2) is 0 Å². The third-order valence-electron chi connectivity index (χ3n) is 2.86. The third-order valence-corrected chi connectivity index (χ3v) is 2.86. The number of nitrogens with zero attached hydrogens (tertiary/aromatic N) is 1. The molecule has 106 valence electrons. The smallest absolute Gasteiger partial charge is 0.144 e. The van der Waals surface area contributed by atoms with E-state index in [1.54, 1.807) is 0 Å². The summed E-state index contributed by atoms with van der Waals surface area (Å²) >= 11 is 0. The Morgan fingerprint density at radius 3 is 2.78 bits per heavy atom. The van der Waals surface area contributed by atoms with Crippen LogP contribution in [-0.2, 0) is 4.84 Å². The van der Waals surface area contributed by atoms with Gasteiger partial charge in [-0.25, -0.2) is 0 Å². The molecule has 5 heteroatoms. The van der Waals surface area contributed by atoms with E-state index in [-0.39, 0.29) is 12.1 Å². The molecule has 0 aromatic heterocycles. The Morgan fingerprint density at radius 1 is 1.44 bits per heavy atom. The van der Waals surface area contributed by atoms with E-state index in [1.807, 2.05) is 20.8 Å². The molecule has 5 nitrogen and oxygen atoms in total. The second-order valence-electron chi connectivity index (χ2n) is 5.92. The quantitative estimate of drug-likeness (QED) is 0.644. The number of β-amino-alcohol motifs (C(OH)–C–C–N with tert-alkyl or cyclic N) is 1. The van der Waals surface area contributed by atoms with Gasteiger partial charge in [0.25, 0.3) is 0 Å². The molecule has 1 rings (SSSR count). The summed E-state index contributed by atoms with van der Waals surface area (Å²) in [5.41, 5.74) is 0.684. The summed E-state index contributed by atoms with van der Waals surface area (Å²) in [5.74, 6) is 0. The molecule has 0 bridgehead atoms. The van der Waals surface area contributed by atoms with Crippen LogP contribution in [0.25, 0.3) is 0 Å². The molecular formula is C13H26N2O3. The third kappa shape index (κ3) is 6.33. The Kier molecular flexibility index (Phi) is 6.05. The second kappa shape index (κ2) is 7.07. The molecule has 2 unspecified atom stereocenters. The number of aliphatic hydroxyl groups excluding tert-OH is 2. The van der Waals surface area contributed by atoms with E-state index in [9.17, 15) is 10.2 Å². The molecule has 0 aliphatic heterocycles. The Morgan fingerprint density at radius 2 is 2.17 bits per heavy atom. The van der Waals surface area contributed by atoms with Gasteiger partial charge in [0.1, 0.15) is 12.7 Å². The Bertz CT molecular complexity index is 274. The van der Waals surface area contributed by atoms with Crippen molar-refractivity contribution in [2.24, 2.45) is 5.16 Å². The van der Waals surface area contributed by atoms with Crippen LogP contribution in [0.5, 0.6) is 0 Å². The second-order valence-corrected chi connectivity index (χ2v) is 5.92. The van der Waals surface area contributed by atoms with Gasteiger partial charge in [0, 0.05) is 12.1 Å². The first-order valence-corrected chi connectivity index (χ1v) is 6.68. The number of aliphatic hydroxyl groups is 2. The molecule has 2 atom stereocenters. The minimum Gasteiger partial charge on any atom is -0.393 e. The number of nitrogens with one attached hydrogen (secondary N) is 1. The monoisotopic (exact) mass is 258 g/mol. The van der Waals surface area contributed by atoms with Gasteiger partial charge in [-0.05, 0) is 40.0 Å². The van der Waals surface area contributed by atoms with E-state index in [4.69, 9.17) is 4.84 Å². The number of rotatable bonds is 5.